The lowest BCUT2D eigenvalue weighted by molar-refractivity contribution is -0.138. The summed E-state index contributed by atoms with van der Waals surface area (Å²) >= 11 is 0. The van der Waals surface area contributed by atoms with Crippen LogP contribution in [0.2, 0.25) is 0 Å². The molecule has 0 spiro atoms. The molecule has 0 fully saturated rings. The largest absolute Gasteiger partial charge is 0.481 e. The third-order valence-electron chi connectivity index (χ3n) is 2.05. The van der Waals surface area contributed by atoms with Crippen LogP contribution in [0, 0.1) is 11.8 Å². The van der Waals surface area contributed by atoms with E-state index >= 15 is 0 Å². The molecule has 0 aromatic heterocycles. The average Bonchev–Trinajstić information content (AvgIpc) is 1.98. The Labute approximate surface area is 79.1 Å². The van der Waals surface area contributed by atoms with Crippen LogP contribution in [0.3, 0.4) is 0 Å². The molecule has 0 amide bonds. The summed E-state index contributed by atoms with van der Waals surface area (Å²) in [5.41, 5.74) is 0. The predicted octanol–water partition coefficient (Wildman–Crippen LogP) is 2.10. The zero-order valence-corrected chi connectivity index (χ0v) is 8.54. The minimum absolute atomic E-state index is 0.0667. The topological polar surface area (TPSA) is 54.4 Å². The predicted molar refractivity (Wildman–Crippen MR) is 50.5 cm³/mol. The van der Waals surface area contributed by atoms with Gasteiger partial charge in [0.15, 0.2) is 0 Å². The van der Waals surface area contributed by atoms with Gasteiger partial charge in [0.1, 0.15) is 5.78 Å². The maximum absolute atomic E-state index is 11.2. The van der Waals surface area contributed by atoms with Crippen LogP contribution < -0.4 is 0 Å². The quantitative estimate of drug-likeness (QED) is 0.691. The van der Waals surface area contributed by atoms with Crippen molar-refractivity contribution in [3.8, 4) is 0 Å². The van der Waals surface area contributed by atoms with E-state index in [0.29, 0.717) is 12.8 Å². The number of aliphatic carboxylic acids is 1. The van der Waals surface area contributed by atoms with Crippen molar-refractivity contribution in [2.75, 3.05) is 0 Å². The van der Waals surface area contributed by atoms with Crippen LogP contribution in [-0.4, -0.2) is 16.9 Å². The Morgan fingerprint density at radius 3 is 2.15 bits per heavy atom. The van der Waals surface area contributed by atoms with Crippen molar-refractivity contribution < 1.29 is 14.7 Å². The van der Waals surface area contributed by atoms with E-state index in [0.717, 1.165) is 0 Å². The van der Waals surface area contributed by atoms with E-state index in [4.69, 9.17) is 5.11 Å². The first kappa shape index (κ1) is 12.1. The van der Waals surface area contributed by atoms with Gasteiger partial charge in [-0.05, 0) is 12.3 Å². The molecular formula is C10H18O3. The standard InChI is InChI=1S/C10H18O3/c1-7(2)9(11)5-4-8(3)6-10(12)13/h7-8H,4-6H2,1-3H3,(H,12,13)/t8-/m1/s1. The summed E-state index contributed by atoms with van der Waals surface area (Å²) < 4.78 is 0. The summed E-state index contributed by atoms with van der Waals surface area (Å²) in [5, 5.41) is 8.47. The molecule has 0 heterocycles. The van der Waals surface area contributed by atoms with Gasteiger partial charge in [-0.15, -0.1) is 0 Å². The van der Waals surface area contributed by atoms with E-state index in [-0.39, 0.29) is 24.0 Å². The first-order valence-electron chi connectivity index (χ1n) is 4.68. The molecule has 76 valence electrons. The number of hydrogen-bond acceptors (Lipinski definition) is 2. The Morgan fingerprint density at radius 2 is 1.77 bits per heavy atom. The fourth-order valence-electron chi connectivity index (χ4n) is 1.08. The van der Waals surface area contributed by atoms with Gasteiger partial charge in [0.25, 0.3) is 0 Å². The molecule has 0 aromatic carbocycles. The molecule has 3 heteroatoms. The van der Waals surface area contributed by atoms with E-state index in [1.165, 1.54) is 0 Å². The number of hydrogen-bond donors (Lipinski definition) is 1. The Kier molecular flexibility index (Phi) is 5.35. The summed E-state index contributed by atoms with van der Waals surface area (Å²) in [6, 6.07) is 0. The SMILES string of the molecule is CC(C)C(=O)CC[C@@H](C)CC(=O)O. The van der Waals surface area contributed by atoms with Gasteiger partial charge in [-0.25, -0.2) is 0 Å². The van der Waals surface area contributed by atoms with Gasteiger partial charge in [0.2, 0.25) is 0 Å². The highest BCUT2D eigenvalue weighted by atomic mass is 16.4. The lowest BCUT2D eigenvalue weighted by Crippen LogP contribution is -2.10. The molecule has 0 bridgehead atoms. The van der Waals surface area contributed by atoms with Gasteiger partial charge < -0.3 is 5.11 Å². The zero-order valence-electron chi connectivity index (χ0n) is 8.54. The normalized spacial score (nSPS) is 12.9. The lowest BCUT2D eigenvalue weighted by Gasteiger charge is -2.08. The van der Waals surface area contributed by atoms with Crippen molar-refractivity contribution in [3.05, 3.63) is 0 Å². The van der Waals surface area contributed by atoms with Crippen molar-refractivity contribution >= 4 is 11.8 Å². The van der Waals surface area contributed by atoms with Crippen LogP contribution in [0.15, 0.2) is 0 Å². The van der Waals surface area contributed by atoms with E-state index in [1.807, 2.05) is 20.8 Å². The first-order chi connectivity index (χ1) is 5.93. The van der Waals surface area contributed by atoms with Gasteiger partial charge in [0, 0.05) is 18.8 Å². The first-order valence-corrected chi connectivity index (χ1v) is 4.68. The second-order valence-corrected chi connectivity index (χ2v) is 3.86. The highest BCUT2D eigenvalue weighted by Gasteiger charge is 2.12. The van der Waals surface area contributed by atoms with Crippen LogP contribution in [0.5, 0.6) is 0 Å². The molecule has 0 saturated heterocycles. The van der Waals surface area contributed by atoms with Crippen molar-refractivity contribution in [3.63, 3.8) is 0 Å². The number of Topliss-reactive ketones (excluding diaryl/α,β-unsaturated/α-hetero) is 1. The molecule has 0 aliphatic carbocycles. The zero-order chi connectivity index (χ0) is 10.4. The van der Waals surface area contributed by atoms with Gasteiger partial charge in [-0.3, -0.25) is 9.59 Å². The van der Waals surface area contributed by atoms with Crippen LogP contribution >= 0.6 is 0 Å². The summed E-state index contributed by atoms with van der Waals surface area (Å²) in [5.74, 6) is -0.404. The number of rotatable bonds is 6. The van der Waals surface area contributed by atoms with Crippen LogP contribution in [0.4, 0.5) is 0 Å². The maximum atomic E-state index is 11.2. The molecule has 0 aliphatic rings. The molecule has 3 nitrogen and oxygen atoms in total. The van der Waals surface area contributed by atoms with E-state index < -0.39 is 5.97 Å². The third-order valence-corrected chi connectivity index (χ3v) is 2.05. The molecule has 1 atom stereocenters. The van der Waals surface area contributed by atoms with Crippen molar-refractivity contribution in [1.29, 1.82) is 0 Å². The van der Waals surface area contributed by atoms with Crippen LogP contribution in [-0.2, 0) is 9.59 Å². The second-order valence-electron chi connectivity index (χ2n) is 3.86. The number of carbonyl (C=O) groups excluding carboxylic acids is 1. The van der Waals surface area contributed by atoms with Crippen molar-refractivity contribution in [2.45, 2.75) is 40.0 Å². The van der Waals surface area contributed by atoms with E-state index in [2.05, 4.69) is 0 Å². The summed E-state index contributed by atoms with van der Waals surface area (Å²) in [4.78, 5) is 21.5. The molecule has 1 N–H and O–H groups in total. The average molecular weight is 186 g/mol. The number of carboxylic acid groups (broad SMARTS) is 1. The number of ketones is 1. The molecule has 0 aromatic rings. The molecule has 0 unspecified atom stereocenters. The number of carbonyl (C=O) groups is 2. The van der Waals surface area contributed by atoms with E-state index in [9.17, 15) is 9.59 Å². The molecule has 0 aliphatic heterocycles. The van der Waals surface area contributed by atoms with Crippen LogP contribution in [0.1, 0.15) is 40.0 Å². The fraction of sp³-hybridized carbons (Fsp3) is 0.800. The minimum Gasteiger partial charge on any atom is -0.481 e. The molecular weight excluding hydrogens is 168 g/mol. The number of carboxylic acids is 1. The van der Waals surface area contributed by atoms with Crippen molar-refractivity contribution in [2.24, 2.45) is 11.8 Å². The van der Waals surface area contributed by atoms with Crippen molar-refractivity contribution in [1.82, 2.24) is 0 Å². The van der Waals surface area contributed by atoms with E-state index in [1.54, 1.807) is 0 Å². The van der Waals surface area contributed by atoms with Crippen LogP contribution in [0.25, 0.3) is 0 Å². The summed E-state index contributed by atoms with van der Waals surface area (Å²) in [7, 11) is 0. The van der Waals surface area contributed by atoms with Gasteiger partial charge in [-0.2, -0.15) is 0 Å². The highest BCUT2D eigenvalue weighted by molar-refractivity contribution is 5.80. The summed E-state index contributed by atoms with van der Waals surface area (Å²) in [6.07, 6.45) is 1.35. The molecule has 13 heavy (non-hydrogen) atoms. The Hall–Kier alpha value is -0.860. The molecule has 0 rings (SSSR count). The Balaban J connectivity index is 3.63. The summed E-state index contributed by atoms with van der Waals surface area (Å²) in [6.45, 7) is 5.59. The van der Waals surface area contributed by atoms with Gasteiger partial charge in [-0.1, -0.05) is 20.8 Å². The van der Waals surface area contributed by atoms with Gasteiger partial charge >= 0.3 is 5.97 Å². The Morgan fingerprint density at radius 1 is 1.23 bits per heavy atom. The Bertz CT molecular complexity index is 185. The third kappa shape index (κ3) is 6.31. The fourth-order valence-corrected chi connectivity index (χ4v) is 1.08. The molecule has 0 saturated carbocycles. The maximum Gasteiger partial charge on any atom is 0.303 e. The monoisotopic (exact) mass is 186 g/mol. The second kappa shape index (κ2) is 5.73. The minimum atomic E-state index is -0.788. The molecule has 0 radical (unpaired) electrons. The smallest absolute Gasteiger partial charge is 0.303 e. The highest BCUT2D eigenvalue weighted by Crippen LogP contribution is 2.12. The van der Waals surface area contributed by atoms with Gasteiger partial charge in [0.05, 0.1) is 0 Å². The lowest BCUT2D eigenvalue weighted by atomic mass is 9.96.